The van der Waals surface area contributed by atoms with E-state index in [4.69, 9.17) is 0 Å². The molecule has 76 valence electrons. The van der Waals surface area contributed by atoms with E-state index in [-0.39, 0.29) is 5.91 Å². The third-order valence-corrected chi connectivity index (χ3v) is 4.20. The molecule has 0 atom stereocenters. The Kier molecular flexibility index (Phi) is 1.28. The zero-order valence-corrected chi connectivity index (χ0v) is 8.65. The van der Waals surface area contributed by atoms with Gasteiger partial charge in [0.25, 0.3) is 5.91 Å². The summed E-state index contributed by atoms with van der Waals surface area (Å²) >= 11 is 0. The van der Waals surface area contributed by atoms with E-state index in [2.05, 4.69) is 5.32 Å². The summed E-state index contributed by atoms with van der Waals surface area (Å²) in [7, 11) is 0. The van der Waals surface area contributed by atoms with E-state index < -0.39 is 0 Å². The number of hydrogen-bond donors (Lipinski definition) is 1. The van der Waals surface area contributed by atoms with Gasteiger partial charge in [0.2, 0.25) is 0 Å². The van der Waals surface area contributed by atoms with Crippen molar-refractivity contribution in [2.45, 2.75) is 32.1 Å². The Bertz CT molecular complexity index is 502. The Morgan fingerprint density at radius 3 is 1.87 bits per heavy atom. The SMILES string of the molecule is O=C1NCCc2c3c(c4c(c21)CC4)CC3. The van der Waals surface area contributed by atoms with Gasteiger partial charge < -0.3 is 5.32 Å². The highest BCUT2D eigenvalue weighted by molar-refractivity contribution is 6.00. The van der Waals surface area contributed by atoms with Crippen molar-refractivity contribution in [2.75, 3.05) is 6.54 Å². The average Bonchev–Trinajstić information content (AvgIpc) is 2.14. The molecule has 15 heavy (non-hydrogen) atoms. The second-order valence-corrected chi connectivity index (χ2v) is 4.77. The highest BCUT2D eigenvalue weighted by Crippen LogP contribution is 2.41. The summed E-state index contributed by atoms with van der Waals surface area (Å²) in [6.45, 7) is 0.830. The van der Waals surface area contributed by atoms with Crippen molar-refractivity contribution < 1.29 is 4.79 Å². The van der Waals surface area contributed by atoms with Gasteiger partial charge in [-0.05, 0) is 59.9 Å². The minimum atomic E-state index is 0.182. The van der Waals surface area contributed by atoms with Crippen LogP contribution in [0.5, 0.6) is 0 Å². The lowest BCUT2D eigenvalue weighted by Gasteiger charge is -2.37. The Balaban J connectivity index is 2.09. The highest BCUT2D eigenvalue weighted by Gasteiger charge is 2.35. The Labute approximate surface area is 88.7 Å². The topological polar surface area (TPSA) is 29.1 Å². The number of benzene rings is 1. The maximum absolute atomic E-state index is 11.9. The molecule has 0 aromatic heterocycles. The van der Waals surface area contributed by atoms with Crippen LogP contribution in [0.2, 0.25) is 0 Å². The fourth-order valence-electron chi connectivity index (χ4n) is 3.30. The fourth-order valence-corrected chi connectivity index (χ4v) is 3.30. The number of fused-ring (bicyclic) bond motifs is 6. The maximum atomic E-state index is 11.9. The van der Waals surface area contributed by atoms with E-state index in [1.807, 2.05) is 0 Å². The predicted octanol–water partition coefficient (Wildman–Crippen LogP) is 1.17. The fraction of sp³-hybridized carbons (Fsp3) is 0.462. The van der Waals surface area contributed by atoms with Crippen LogP contribution in [0.15, 0.2) is 0 Å². The molecule has 1 heterocycles. The van der Waals surface area contributed by atoms with Crippen molar-refractivity contribution in [3.8, 4) is 0 Å². The third-order valence-electron chi connectivity index (χ3n) is 4.20. The van der Waals surface area contributed by atoms with E-state index in [0.717, 1.165) is 24.9 Å². The quantitative estimate of drug-likeness (QED) is 0.667. The third kappa shape index (κ3) is 0.796. The molecular formula is C13H13NO. The summed E-state index contributed by atoms with van der Waals surface area (Å²) in [6.07, 6.45) is 5.85. The van der Waals surface area contributed by atoms with Crippen LogP contribution in [0.4, 0.5) is 0 Å². The molecule has 0 unspecified atom stereocenters. The molecule has 1 aliphatic heterocycles. The van der Waals surface area contributed by atoms with Gasteiger partial charge in [-0.15, -0.1) is 0 Å². The van der Waals surface area contributed by atoms with Crippen LogP contribution in [0.1, 0.15) is 38.2 Å². The molecule has 2 aliphatic carbocycles. The number of hydrogen-bond acceptors (Lipinski definition) is 1. The van der Waals surface area contributed by atoms with Gasteiger partial charge in [-0.3, -0.25) is 4.79 Å². The zero-order valence-electron chi connectivity index (χ0n) is 8.65. The number of nitrogens with one attached hydrogen (secondary N) is 1. The van der Waals surface area contributed by atoms with Crippen LogP contribution in [0, 0.1) is 0 Å². The summed E-state index contributed by atoms with van der Waals surface area (Å²) in [5.74, 6) is 0.182. The van der Waals surface area contributed by atoms with E-state index in [9.17, 15) is 4.79 Å². The van der Waals surface area contributed by atoms with Gasteiger partial charge in [-0.1, -0.05) is 0 Å². The maximum Gasteiger partial charge on any atom is 0.251 e. The van der Waals surface area contributed by atoms with Gasteiger partial charge in [0.05, 0.1) is 0 Å². The van der Waals surface area contributed by atoms with E-state index in [1.54, 1.807) is 5.56 Å². The highest BCUT2D eigenvalue weighted by atomic mass is 16.1. The van der Waals surface area contributed by atoms with Crippen LogP contribution in [0.3, 0.4) is 0 Å². The van der Waals surface area contributed by atoms with Gasteiger partial charge >= 0.3 is 0 Å². The summed E-state index contributed by atoms with van der Waals surface area (Å²) in [4.78, 5) is 11.9. The average molecular weight is 199 g/mol. The molecule has 1 aromatic rings. The second kappa shape index (κ2) is 2.43. The van der Waals surface area contributed by atoms with Crippen molar-refractivity contribution in [1.29, 1.82) is 0 Å². The molecule has 1 aromatic carbocycles. The van der Waals surface area contributed by atoms with Crippen molar-refractivity contribution in [3.05, 3.63) is 33.4 Å². The number of amides is 1. The zero-order chi connectivity index (χ0) is 9.99. The molecule has 0 fully saturated rings. The summed E-state index contributed by atoms with van der Waals surface area (Å²) in [5.41, 5.74) is 8.47. The standard InChI is InChI=1S/C13H13NO/c15-13-12-10-4-3-8(10)7-1-2-9(7)11(12)5-6-14-13/h1-6H2,(H,14,15). The molecule has 4 rings (SSSR count). The first-order valence-electron chi connectivity index (χ1n) is 5.83. The molecule has 0 radical (unpaired) electrons. The van der Waals surface area contributed by atoms with E-state index >= 15 is 0 Å². The van der Waals surface area contributed by atoms with Gasteiger partial charge in [-0.25, -0.2) is 0 Å². The Morgan fingerprint density at radius 1 is 0.733 bits per heavy atom. The molecule has 2 nitrogen and oxygen atoms in total. The minimum Gasteiger partial charge on any atom is -0.352 e. The smallest absolute Gasteiger partial charge is 0.251 e. The molecule has 1 amide bonds. The lowest BCUT2D eigenvalue weighted by atomic mass is 9.68. The van der Waals surface area contributed by atoms with Crippen LogP contribution < -0.4 is 5.32 Å². The lowest BCUT2D eigenvalue weighted by Crippen LogP contribution is -2.38. The lowest BCUT2D eigenvalue weighted by molar-refractivity contribution is 0.0943. The molecule has 0 bridgehead atoms. The second-order valence-electron chi connectivity index (χ2n) is 4.77. The van der Waals surface area contributed by atoms with Crippen LogP contribution >= 0.6 is 0 Å². The molecule has 2 heteroatoms. The molecule has 0 saturated heterocycles. The summed E-state index contributed by atoms with van der Waals surface area (Å²) < 4.78 is 0. The van der Waals surface area contributed by atoms with Crippen molar-refractivity contribution in [2.24, 2.45) is 0 Å². The monoisotopic (exact) mass is 199 g/mol. The molecule has 3 aliphatic rings. The largest absolute Gasteiger partial charge is 0.352 e. The number of carbonyl (C=O) groups excluding carboxylic acids is 1. The Morgan fingerprint density at radius 2 is 1.27 bits per heavy atom. The van der Waals surface area contributed by atoms with E-state index in [0.29, 0.717) is 0 Å². The predicted molar refractivity (Wildman–Crippen MR) is 57.3 cm³/mol. The first kappa shape index (κ1) is 7.91. The summed E-state index contributed by atoms with van der Waals surface area (Å²) in [5, 5.41) is 2.97. The normalized spacial score (nSPS) is 20.4. The van der Waals surface area contributed by atoms with Crippen molar-refractivity contribution in [3.63, 3.8) is 0 Å². The van der Waals surface area contributed by atoms with Gasteiger partial charge in [-0.2, -0.15) is 0 Å². The van der Waals surface area contributed by atoms with Crippen molar-refractivity contribution >= 4 is 5.91 Å². The molecule has 0 spiro atoms. The van der Waals surface area contributed by atoms with Crippen LogP contribution in [-0.2, 0) is 32.1 Å². The first-order valence-corrected chi connectivity index (χ1v) is 5.83. The van der Waals surface area contributed by atoms with E-state index in [1.165, 1.54) is 41.5 Å². The molecular weight excluding hydrogens is 186 g/mol. The van der Waals surface area contributed by atoms with Gasteiger partial charge in [0, 0.05) is 12.1 Å². The number of rotatable bonds is 0. The van der Waals surface area contributed by atoms with Gasteiger partial charge in [0.15, 0.2) is 0 Å². The van der Waals surface area contributed by atoms with Crippen LogP contribution in [0.25, 0.3) is 0 Å². The Hall–Kier alpha value is -1.31. The van der Waals surface area contributed by atoms with Crippen molar-refractivity contribution in [1.82, 2.24) is 5.32 Å². The van der Waals surface area contributed by atoms with Crippen LogP contribution in [-0.4, -0.2) is 12.5 Å². The van der Waals surface area contributed by atoms with Gasteiger partial charge in [0.1, 0.15) is 0 Å². The summed E-state index contributed by atoms with van der Waals surface area (Å²) in [6, 6.07) is 0. The number of carbonyl (C=O) groups is 1. The molecule has 0 saturated carbocycles. The molecule has 1 N–H and O–H groups in total. The minimum absolute atomic E-state index is 0.182. The first-order chi connectivity index (χ1) is 7.36.